The van der Waals surface area contributed by atoms with Crippen LogP contribution >= 0.6 is 0 Å². The zero-order valence-electron chi connectivity index (χ0n) is 10.7. The summed E-state index contributed by atoms with van der Waals surface area (Å²) in [4.78, 5) is 4.51. The second-order valence-electron chi connectivity index (χ2n) is 5.01. The molecule has 0 saturated heterocycles. The second-order valence-corrected chi connectivity index (χ2v) is 5.01. The first-order valence-corrected chi connectivity index (χ1v) is 6.55. The Bertz CT molecular complexity index is 548. The number of aryl methyl sites for hydroxylation is 2. The van der Waals surface area contributed by atoms with Crippen molar-refractivity contribution >= 4 is 0 Å². The average molecular weight is 238 g/mol. The van der Waals surface area contributed by atoms with Crippen LogP contribution in [0.5, 0.6) is 0 Å². The zero-order chi connectivity index (χ0) is 12.4. The number of benzene rings is 1. The van der Waals surface area contributed by atoms with Crippen molar-refractivity contribution < 1.29 is 0 Å². The average Bonchev–Trinajstić information content (AvgIpc) is 2.80. The lowest BCUT2D eigenvalue weighted by atomic mass is 10.1. The van der Waals surface area contributed by atoms with Gasteiger partial charge in [-0.2, -0.15) is 0 Å². The van der Waals surface area contributed by atoms with Gasteiger partial charge in [-0.25, -0.2) is 0 Å². The summed E-state index contributed by atoms with van der Waals surface area (Å²) in [6.45, 7) is 3.05. The molecule has 0 bridgehead atoms. The normalized spacial score (nSPS) is 17.7. The van der Waals surface area contributed by atoms with Crippen molar-refractivity contribution in [3.05, 3.63) is 65.0 Å². The van der Waals surface area contributed by atoms with Gasteiger partial charge in [-0.1, -0.05) is 35.9 Å². The van der Waals surface area contributed by atoms with Gasteiger partial charge < -0.3 is 5.32 Å². The van der Waals surface area contributed by atoms with Gasteiger partial charge in [-0.3, -0.25) is 4.98 Å². The molecule has 0 saturated carbocycles. The minimum absolute atomic E-state index is 0.418. The Labute approximate surface area is 108 Å². The predicted molar refractivity (Wildman–Crippen MR) is 73.3 cm³/mol. The molecule has 1 unspecified atom stereocenters. The van der Waals surface area contributed by atoms with E-state index in [1.807, 2.05) is 12.3 Å². The maximum absolute atomic E-state index is 4.51. The van der Waals surface area contributed by atoms with Crippen molar-refractivity contribution in [3.8, 4) is 0 Å². The molecule has 1 atom stereocenters. The monoisotopic (exact) mass is 238 g/mol. The molecule has 1 aliphatic carbocycles. The summed E-state index contributed by atoms with van der Waals surface area (Å²) in [6, 6.07) is 13.3. The lowest BCUT2D eigenvalue weighted by Crippen LogP contribution is -2.19. The number of nitrogens with one attached hydrogen (secondary N) is 1. The molecule has 0 fully saturated rings. The number of hydrogen-bond acceptors (Lipinski definition) is 2. The Kier molecular flexibility index (Phi) is 3.11. The van der Waals surface area contributed by atoms with E-state index in [0.717, 1.165) is 19.4 Å². The quantitative estimate of drug-likeness (QED) is 0.888. The Morgan fingerprint density at radius 2 is 2.22 bits per heavy atom. The summed E-state index contributed by atoms with van der Waals surface area (Å²) in [6.07, 6.45) is 4.21. The molecule has 1 heterocycles. The number of hydrogen-bond donors (Lipinski definition) is 1. The van der Waals surface area contributed by atoms with Crippen LogP contribution in [0.2, 0.25) is 0 Å². The number of nitrogens with zero attached hydrogens (tertiary/aromatic N) is 1. The molecule has 0 aliphatic heterocycles. The number of rotatable bonds is 3. The molecule has 1 N–H and O–H groups in total. The molecule has 1 aromatic heterocycles. The van der Waals surface area contributed by atoms with E-state index >= 15 is 0 Å². The summed E-state index contributed by atoms with van der Waals surface area (Å²) >= 11 is 0. The van der Waals surface area contributed by atoms with Crippen LogP contribution in [-0.4, -0.2) is 4.98 Å². The molecule has 18 heavy (non-hydrogen) atoms. The summed E-state index contributed by atoms with van der Waals surface area (Å²) in [5, 5.41) is 3.62. The third-order valence-electron chi connectivity index (χ3n) is 3.59. The summed E-state index contributed by atoms with van der Waals surface area (Å²) in [5.74, 6) is 0. The number of fused-ring (bicyclic) bond motifs is 1. The molecule has 3 rings (SSSR count). The van der Waals surface area contributed by atoms with E-state index in [1.54, 1.807) is 0 Å². The van der Waals surface area contributed by atoms with Crippen LogP contribution in [0.15, 0.2) is 42.6 Å². The highest BCUT2D eigenvalue weighted by Gasteiger charge is 2.22. The van der Waals surface area contributed by atoms with E-state index in [2.05, 4.69) is 47.6 Å². The summed E-state index contributed by atoms with van der Waals surface area (Å²) in [7, 11) is 0. The van der Waals surface area contributed by atoms with E-state index in [1.165, 1.54) is 22.4 Å². The van der Waals surface area contributed by atoms with Gasteiger partial charge in [-0.15, -0.1) is 0 Å². The second kappa shape index (κ2) is 4.91. The highest BCUT2D eigenvalue weighted by molar-refractivity contribution is 5.28. The molecule has 0 amide bonds. The fourth-order valence-electron chi connectivity index (χ4n) is 2.67. The Morgan fingerprint density at radius 3 is 3.11 bits per heavy atom. The van der Waals surface area contributed by atoms with Gasteiger partial charge in [0.05, 0.1) is 11.7 Å². The van der Waals surface area contributed by atoms with Crippen LogP contribution in [-0.2, 0) is 13.0 Å². The fraction of sp³-hybridized carbons (Fsp3) is 0.312. The van der Waals surface area contributed by atoms with Crippen LogP contribution in [0.1, 0.15) is 34.8 Å². The first-order valence-electron chi connectivity index (χ1n) is 6.55. The molecular formula is C16H18N2. The zero-order valence-corrected chi connectivity index (χ0v) is 10.7. The molecule has 1 aliphatic rings. The Balaban J connectivity index is 1.69. The Morgan fingerprint density at radius 1 is 1.28 bits per heavy atom. The molecule has 1 aromatic carbocycles. The standard InChI is InChI=1S/C16H18N2/c1-12-4-2-5-13(10-12)11-18-15-8-7-14-6-3-9-17-16(14)15/h2-6,9-10,15,18H,7-8,11H2,1H3. The first kappa shape index (κ1) is 11.4. The highest BCUT2D eigenvalue weighted by Crippen LogP contribution is 2.28. The number of aromatic nitrogens is 1. The smallest absolute Gasteiger partial charge is 0.0605 e. The summed E-state index contributed by atoms with van der Waals surface area (Å²) in [5.41, 5.74) is 5.31. The fourth-order valence-corrected chi connectivity index (χ4v) is 2.67. The minimum atomic E-state index is 0.418. The van der Waals surface area contributed by atoms with Crippen LogP contribution in [0.4, 0.5) is 0 Å². The van der Waals surface area contributed by atoms with Crippen LogP contribution in [0, 0.1) is 6.92 Å². The maximum atomic E-state index is 4.51. The number of pyridine rings is 1. The van der Waals surface area contributed by atoms with Crippen LogP contribution in [0.25, 0.3) is 0 Å². The van der Waals surface area contributed by atoms with Crippen molar-refractivity contribution in [2.45, 2.75) is 32.4 Å². The van der Waals surface area contributed by atoms with Crippen molar-refractivity contribution in [2.24, 2.45) is 0 Å². The summed E-state index contributed by atoms with van der Waals surface area (Å²) < 4.78 is 0. The first-order chi connectivity index (χ1) is 8.83. The minimum Gasteiger partial charge on any atom is -0.304 e. The third-order valence-corrected chi connectivity index (χ3v) is 3.59. The van der Waals surface area contributed by atoms with Gasteiger partial charge in [-0.05, 0) is 37.0 Å². The van der Waals surface area contributed by atoms with Gasteiger partial charge in [0, 0.05) is 12.7 Å². The molecule has 0 spiro atoms. The topological polar surface area (TPSA) is 24.9 Å². The van der Waals surface area contributed by atoms with Crippen molar-refractivity contribution in [1.29, 1.82) is 0 Å². The van der Waals surface area contributed by atoms with E-state index in [4.69, 9.17) is 0 Å². The maximum Gasteiger partial charge on any atom is 0.0605 e. The molecule has 0 radical (unpaired) electrons. The van der Waals surface area contributed by atoms with E-state index < -0.39 is 0 Å². The predicted octanol–water partition coefficient (Wildman–Crippen LogP) is 3.17. The van der Waals surface area contributed by atoms with E-state index in [-0.39, 0.29) is 0 Å². The van der Waals surface area contributed by atoms with E-state index in [0.29, 0.717) is 6.04 Å². The van der Waals surface area contributed by atoms with Gasteiger partial charge in [0.25, 0.3) is 0 Å². The Hall–Kier alpha value is -1.67. The highest BCUT2D eigenvalue weighted by atomic mass is 14.9. The molecule has 2 nitrogen and oxygen atoms in total. The van der Waals surface area contributed by atoms with Gasteiger partial charge >= 0.3 is 0 Å². The van der Waals surface area contributed by atoms with Crippen LogP contribution in [0.3, 0.4) is 0 Å². The van der Waals surface area contributed by atoms with Crippen molar-refractivity contribution in [2.75, 3.05) is 0 Å². The van der Waals surface area contributed by atoms with E-state index in [9.17, 15) is 0 Å². The lowest BCUT2D eigenvalue weighted by Gasteiger charge is -2.13. The van der Waals surface area contributed by atoms with Gasteiger partial charge in [0.2, 0.25) is 0 Å². The van der Waals surface area contributed by atoms with Crippen molar-refractivity contribution in [1.82, 2.24) is 10.3 Å². The molecule has 2 aromatic rings. The SMILES string of the molecule is Cc1cccc(CNC2CCc3cccnc32)c1. The lowest BCUT2D eigenvalue weighted by molar-refractivity contribution is 0.521. The van der Waals surface area contributed by atoms with Crippen LogP contribution < -0.4 is 5.32 Å². The third kappa shape index (κ3) is 2.29. The van der Waals surface area contributed by atoms with Gasteiger partial charge in [0.1, 0.15) is 0 Å². The van der Waals surface area contributed by atoms with Gasteiger partial charge in [0.15, 0.2) is 0 Å². The van der Waals surface area contributed by atoms with Crippen molar-refractivity contribution in [3.63, 3.8) is 0 Å². The largest absolute Gasteiger partial charge is 0.304 e. The molecular weight excluding hydrogens is 220 g/mol. The molecule has 2 heteroatoms. The molecule has 92 valence electrons.